The number of methoxy groups -OCH3 is 1. The lowest BCUT2D eigenvalue weighted by atomic mass is 10.1. The molecule has 0 aliphatic carbocycles. The van der Waals surface area contributed by atoms with E-state index >= 15 is 0 Å². The molecule has 1 aromatic rings. The summed E-state index contributed by atoms with van der Waals surface area (Å²) in [6.45, 7) is 4.08. The van der Waals surface area contributed by atoms with Crippen LogP contribution in [0.1, 0.15) is 18.4 Å². The Bertz CT molecular complexity index is 346. The molecule has 1 fully saturated rings. The van der Waals surface area contributed by atoms with Crippen LogP contribution in [-0.4, -0.2) is 26.3 Å². The van der Waals surface area contributed by atoms with Gasteiger partial charge in [-0.05, 0) is 44.0 Å². The van der Waals surface area contributed by atoms with Crippen molar-refractivity contribution in [1.29, 1.82) is 0 Å². The van der Waals surface area contributed by atoms with Crippen LogP contribution in [0.3, 0.4) is 0 Å². The van der Waals surface area contributed by atoms with Crippen molar-refractivity contribution in [2.45, 2.75) is 25.9 Å². The van der Waals surface area contributed by atoms with Crippen molar-refractivity contribution in [2.24, 2.45) is 0 Å². The lowest BCUT2D eigenvalue weighted by molar-refractivity contribution is 0.161. The molecule has 1 aliphatic rings. The van der Waals surface area contributed by atoms with Gasteiger partial charge >= 0.3 is 0 Å². The van der Waals surface area contributed by atoms with Crippen molar-refractivity contribution in [3.63, 3.8) is 0 Å². The van der Waals surface area contributed by atoms with Gasteiger partial charge in [0.15, 0.2) is 11.5 Å². The lowest BCUT2D eigenvalue weighted by Crippen LogP contribution is -2.37. The molecule has 0 spiro atoms. The molecular weight excluding hydrogens is 202 g/mol. The summed E-state index contributed by atoms with van der Waals surface area (Å²) < 4.78 is 11.3. The Morgan fingerprint density at radius 3 is 2.88 bits per heavy atom. The minimum atomic E-state index is 0.269. The summed E-state index contributed by atoms with van der Waals surface area (Å²) in [6.07, 6.45) is 2.56. The third kappa shape index (κ3) is 2.67. The van der Waals surface area contributed by atoms with E-state index in [0.717, 1.165) is 31.0 Å². The Morgan fingerprint density at radius 1 is 1.31 bits per heavy atom. The van der Waals surface area contributed by atoms with E-state index in [4.69, 9.17) is 9.47 Å². The highest BCUT2D eigenvalue weighted by atomic mass is 16.5. The van der Waals surface area contributed by atoms with Crippen LogP contribution in [-0.2, 0) is 0 Å². The number of hydrogen-bond acceptors (Lipinski definition) is 3. The topological polar surface area (TPSA) is 30.5 Å². The summed E-state index contributed by atoms with van der Waals surface area (Å²) in [5.41, 5.74) is 1.19. The van der Waals surface area contributed by atoms with Gasteiger partial charge in [-0.25, -0.2) is 0 Å². The van der Waals surface area contributed by atoms with Gasteiger partial charge in [-0.2, -0.15) is 0 Å². The molecule has 2 rings (SSSR count). The Kier molecular flexibility index (Phi) is 3.67. The molecule has 0 saturated carbocycles. The molecule has 88 valence electrons. The van der Waals surface area contributed by atoms with E-state index in [1.807, 2.05) is 18.2 Å². The van der Waals surface area contributed by atoms with Crippen LogP contribution in [0.15, 0.2) is 18.2 Å². The molecule has 1 N–H and O–H groups in total. The maximum Gasteiger partial charge on any atom is 0.161 e. The van der Waals surface area contributed by atoms with Gasteiger partial charge in [0.2, 0.25) is 0 Å². The first-order valence-corrected chi connectivity index (χ1v) is 5.81. The average molecular weight is 221 g/mol. The van der Waals surface area contributed by atoms with E-state index < -0.39 is 0 Å². The number of rotatable bonds is 3. The van der Waals surface area contributed by atoms with Crippen molar-refractivity contribution in [3.8, 4) is 11.5 Å². The predicted octanol–water partition coefficient (Wildman–Crippen LogP) is 2.13. The van der Waals surface area contributed by atoms with E-state index in [1.54, 1.807) is 7.11 Å². The lowest BCUT2D eigenvalue weighted by Gasteiger charge is -2.24. The molecule has 1 heterocycles. The quantitative estimate of drug-likeness (QED) is 0.848. The predicted molar refractivity (Wildman–Crippen MR) is 64.3 cm³/mol. The van der Waals surface area contributed by atoms with Gasteiger partial charge < -0.3 is 14.8 Å². The molecule has 1 atom stereocenters. The average Bonchev–Trinajstić information content (AvgIpc) is 2.33. The van der Waals surface area contributed by atoms with Crippen molar-refractivity contribution >= 4 is 0 Å². The van der Waals surface area contributed by atoms with Crippen LogP contribution in [0.2, 0.25) is 0 Å². The second kappa shape index (κ2) is 5.21. The van der Waals surface area contributed by atoms with Crippen LogP contribution < -0.4 is 14.8 Å². The standard InChI is InChI=1S/C13H19NO2/c1-10-5-6-12(13(8-10)15-2)16-11-4-3-7-14-9-11/h5-6,8,11,14H,3-4,7,9H2,1-2H3/t11-/m0/s1. The molecule has 16 heavy (non-hydrogen) atoms. The Morgan fingerprint density at radius 2 is 2.19 bits per heavy atom. The zero-order valence-electron chi connectivity index (χ0n) is 9.95. The summed E-state index contributed by atoms with van der Waals surface area (Å²) in [7, 11) is 1.68. The first-order valence-electron chi connectivity index (χ1n) is 5.81. The van der Waals surface area contributed by atoms with E-state index in [1.165, 1.54) is 12.0 Å². The first kappa shape index (κ1) is 11.3. The van der Waals surface area contributed by atoms with Gasteiger partial charge in [0, 0.05) is 6.54 Å². The summed E-state index contributed by atoms with van der Waals surface area (Å²) in [5, 5.41) is 3.34. The van der Waals surface area contributed by atoms with Crippen LogP contribution in [0, 0.1) is 6.92 Å². The minimum absolute atomic E-state index is 0.269. The van der Waals surface area contributed by atoms with Gasteiger partial charge in [-0.15, -0.1) is 0 Å². The maximum absolute atomic E-state index is 5.94. The number of ether oxygens (including phenoxy) is 2. The number of hydrogen-bond donors (Lipinski definition) is 1. The van der Waals surface area contributed by atoms with Crippen molar-refractivity contribution in [2.75, 3.05) is 20.2 Å². The van der Waals surface area contributed by atoms with Crippen LogP contribution in [0.25, 0.3) is 0 Å². The molecule has 0 aromatic heterocycles. The minimum Gasteiger partial charge on any atom is -0.493 e. The smallest absolute Gasteiger partial charge is 0.161 e. The molecule has 3 heteroatoms. The van der Waals surface area contributed by atoms with E-state index in [9.17, 15) is 0 Å². The van der Waals surface area contributed by atoms with E-state index in [-0.39, 0.29) is 6.10 Å². The summed E-state index contributed by atoms with van der Waals surface area (Å²) in [6, 6.07) is 6.04. The molecule has 0 bridgehead atoms. The number of piperidine rings is 1. The molecular formula is C13H19NO2. The third-order valence-electron chi connectivity index (χ3n) is 2.86. The van der Waals surface area contributed by atoms with Gasteiger partial charge in [0.1, 0.15) is 6.10 Å². The van der Waals surface area contributed by atoms with Crippen LogP contribution in [0.4, 0.5) is 0 Å². The third-order valence-corrected chi connectivity index (χ3v) is 2.86. The SMILES string of the molecule is COc1cc(C)ccc1O[C@H]1CCCNC1. The second-order valence-corrected chi connectivity index (χ2v) is 4.24. The van der Waals surface area contributed by atoms with Gasteiger partial charge in [0.05, 0.1) is 7.11 Å². The Labute approximate surface area is 96.8 Å². The number of nitrogens with one attached hydrogen (secondary N) is 1. The summed E-state index contributed by atoms with van der Waals surface area (Å²) in [4.78, 5) is 0. The van der Waals surface area contributed by atoms with Crippen LogP contribution in [0.5, 0.6) is 11.5 Å². The molecule has 3 nitrogen and oxygen atoms in total. The molecule has 1 aromatic carbocycles. The van der Waals surface area contributed by atoms with E-state index in [2.05, 4.69) is 12.2 Å². The summed E-state index contributed by atoms with van der Waals surface area (Å²) >= 11 is 0. The summed E-state index contributed by atoms with van der Waals surface area (Å²) in [5.74, 6) is 1.67. The van der Waals surface area contributed by atoms with Gasteiger partial charge in [-0.1, -0.05) is 6.07 Å². The maximum atomic E-state index is 5.94. The fourth-order valence-electron chi connectivity index (χ4n) is 1.97. The molecule has 1 saturated heterocycles. The highest BCUT2D eigenvalue weighted by molar-refractivity contribution is 5.42. The Hall–Kier alpha value is -1.22. The monoisotopic (exact) mass is 221 g/mol. The number of aryl methyl sites for hydroxylation is 1. The largest absolute Gasteiger partial charge is 0.493 e. The normalized spacial score (nSPS) is 20.5. The van der Waals surface area contributed by atoms with Gasteiger partial charge in [0.25, 0.3) is 0 Å². The molecule has 0 unspecified atom stereocenters. The fourth-order valence-corrected chi connectivity index (χ4v) is 1.97. The van der Waals surface area contributed by atoms with Crippen molar-refractivity contribution in [1.82, 2.24) is 5.32 Å². The van der Waals surface area contributed by atoms with Crippen LogP contribution >= 0.6 is 0 Å². The molecule has 0 radical (unpaired) electrons. The number of benzene rings is 1. The molecule has 0 amide bonds. The fraction of sp³-hybridized carbons (Fsp3) is 0.538. The second-order valence-electron chi connectivity index (χ2n) is 4.24. The van der Waals surface area contributed by atoms with Gasteiger partial charge in [-0.3, -0.25) is 0 Å². The Balaban J connectivity index is 2.07. The highest BCUT2D eigenvalue weighted by Crippen LogP contribution is 2.29. The van der Waals surface area contributed by atoms with Crippen molar-refractivity contribution < 1.29 is 9.47 Å². The van der Waals surface area contributed by atoms with E-state index in [0.29, 0.717) is 0 Å². The first-order chi connectivity index (χ1) is 7.79. The highest BCUT2D eigenvalue weighted by Gasteiger charge is 2.16. The van der Waals surface area contributed by atoms with Crippen molar-refractivity contribution in [3.05, 3.63) is 23.8 Å². The zero-order valence-corrected chi connectivity index (χ0v) is 9.95. The zero-order chi connectivity index (χ0) is 11.4. The molecule has 1 aliphatic heterocycles.